The Morgan fingerprint density at radius 3 is 2.38 bits per heavy atom. The van der Waals surface area contributed by atoms with Crippen LogP contribution in [-0.4, -0.2) is 95.0 Å². The minimum absolute atomic E-state index is 0.771. The van der Waals surface area contributed by atoms with Crippen molar-refractivity contribution in [3.05, 3.63) is 29.8 Å². The molecular formula is C22H37N5O2. The summed E-state index contributed by atoms with van der Waals surface area (Å²) in [6.07, 6.45) is 3.62. The van der Waals surface area contributed by atoms with Gasteiger partial charge in [-0.05, 0) is 50.0 Å². The molecule has 2 aliphatic rings. The summed E-state index contributed by atoms with van der Waals surface area (Å²) in [6, 6.07) is 8.46. The number of nitrogens with one attached hydrogen (secondary N) is 2. The Hall–Kier alpha value is -1.83. The minimum atomic E-state index is 0.771. The molecule has 1 aromatic rings. The molecule has 162 valence electrons. The number of aliphatic imine (C=N–C) groups is 1. The zero-order chi connectivity index (χ0) is 20.2. The summed E-state index contributed by atoms with van der Waals surface area (Å²) in [4.78, 5) is 9.20. The van der Waals surface area contributed by atoms with E-state index in [2.05, 4.69) is 49.7 Å². The van der Waals surface area contributed by atoms with Crippen molar-refractivity contribution in [2.75, 3.05) is 79.2 Å². The summed E-state index contributed by atoms with van der Waals surface area (Å²) in [5, 5.41) is 6.79. The highest BCUT2D eigenvalue weighted by Gasteiger charge is 2.11. The second-order valence-electron chi connectivity index (χ2n) is 7.67. The summed E-state index contributed by atoms with van der Waals surface area (Å²) in [5.41, 5.74) is 1.30. The first-order valence-electron chi connectivity index (χ1n) is 11.0. The third-order valence-electron chi connectivity index (χ3n) is 5.55. The number of ether oxygens (including phenoxy) is 2. The molecule has 0 unspecified atom stereocenters. The number of benzene rings is 1. The third-order valence-corrected chi connectivity index (χ3v) is 5.55. The average molecular weight is 404 g/mol. The van der Waals surface area contributed by atoms with Gasteiger partial charge in [0.05, 0.1) is 13.2 Å². The van der Waals surface area contributed by atoms with Crippen LogP contribution in [0.2, 0.25) is 0 Å². The Balaban J connectivity index is 1.27. The monoisotopic (exact) mass is 403 g/mol. The molecule has 0 radical (unpaired) electrons. The van der Waals surface area contributed by atoms with E-state index >= 15 is 0 Å². The lowest BCUT2D eigenvalue weighted by Gasteiger charge is -2.26. The Bertz CT molecular complexity index is 596. The molecule has 2 heterocycles. The number of morpholine rings is 1. The van der Waals surface area contributed by atoms with Crippen molar-refractivity contribution in [1.82, 2.24) is 20.4 Å². The molecule has 0 atom stereocenters. The first-order chi connectivity index (χ1) is 14.3. The molecule has 0 aromatic heterocycles. The molecule has 7 nitrogen and oxygen atoms in total. The third kappa shape index (κ3) is 8.20. The van der Waals surface area contributed by atoms with Gasteiger partial charge in [0, 0.05) is 46.3 Å². The summed E-state index contributed by atoms with van der Waals surface area (Å²) in [5.74, 6) is 1.82. The topological polar surface area (TPSA) is 61.4 Å². The van der Waals surface area contributed by atoms with Crippen molar-refractivity contribution >= 4 is 5.96 Å². The highest BCUT2D eigenvalue weighted by Crippen LogP contribution is 2.13. The van der Waals surface area contributed by atoms with Crippen LogP contribution in [0.1, 0.15) is 18.4 Å². The van der Waals surface area contributed by atoms with Gasteiger partial charge in [0.1, 0.15) is 12.4 Å². The molecule has 0 amide bonds. The average Bonchev–Trinajstić information content (AvgIpc) is 3.28. The molecular weight excluding hydrogens is 366 g/mol. The maximum atomic E-state index is 5.88. The van der Waals surface area contributed by atoms with Gasteiger partial charge in [0.15, 0.2) is 5.96 Å². The highest BCUT2D eigenvalue weighted by molar-refractivity contribution is 5.79. The van der Waals surface area contributed by atoms with Crippen LogP contribution < -0.4 is 15.4 Å². The van der Waals surface area contributed by atoms with Crippen LogP contribution in [0.3, 0.4) is 0 Å². The standard InChI is InChI=1S/C22H37N5O2/c1-23-22(25-10-13-27-14-17-28-18-15-27)24-9-8-20-4-6-21(7-5-20)29-19-16-26-11-2-3-12-26/h4-7H,2-3,8-19H2,1H3,(H2,23,24,25). The fourth-order valence-electron chi connectivity index (χ4n) is 3.75. The van der Waals surface area contributed by atoms with Crippen LogP contribution in [0.15, 0.2) is 29.3 Å². The Morgan fingerprint density at radius 2 is 1.66 bits per heavy atom. The van der Waals surface area contributed by atoms with Crippen molar-refractivity contribution in [3.8, 4) is 5.75 Å². The minimum Gasteiger partial charge on any atom is -0.492 e. The van der Waals surface area contributed by atoms with Gasteiger partial charge in [0.2, 0.25) is 0 Å². The Labute approximate surface area is 175 Å². The summed E-state index contributed by atoms with van der Waals surface area (Å²) in [6.45, 7) is 10.7. The Morgan fingerprint density at radius 1 is 0.966 bits per heavy atom. The molecule has 2 N–H and O–H groups in total. The molecule has 0 aliphatic carbocycles. The zero-order valence-corrected chi connectivity index (χ0v) is 17.9. The normalized spacial score (nSPS) is 18.7. The summed E-state index contributed by atoms with van der Waals surface area (Å²) < 4.78 is 11.3. The molecule has 7 heteroatoms. The molecule has 3 rings (SSSR count). The largest absolute Gasteiger partial charge is 0.492 e. The lowest BCUT2D eigenvalue weighted by atomic mass is 10.1. The van der Waals surface area contributed by atoms with Crippen molar-refractivity contribution in [1.29, 1.82) is 0 Å². The van der Waals surface area contributed by atoms with Gasteiger partial charge >= 0.3 is 0 Å². The van der Waals surface area contributed by atoms with Gasteiger partial charge in [-0.3, -0.25) is 14.8 Å². The van der Waals surface area contributed by atoms with Gasteiger partial charge in [-0.2, -0.15) is 0 Å². The van der Waals surface area contributed by atoms with Crippen LogP contribution in [0.5, 0.6) is 5.75 Å². The first kappa shape index (κ1) is 21.9. The van der Waals surface area contributed by atoms with E-state index in [0.717, 1.165) is 77.2 Å². The van der Waals surface area contributed by atoms with Crippen molar-refractivity contribution < 1.29 is 9.47 Å². The number of guanidine groups is 1. The van der Waals surface area contributed by atoms with E-state index in [1.165, 1.54) is 31.5 Å². The fourth-order valence-corrected chi connectivity index (χ4v) is 3.75. The van der Waals surface area contributed by atoms with E-state index in [1.54, 1.807) is 0 Å². The van der Waals surface area contributed by atoms with Crippen molar-refractivity contribution in [2.24, 2.45) is 4.99 Å². The van der Waals surface area contributed by atoms with Crippen LogP contribution >= 0.6 is 0 Å². The van der Waals surface area contributed by atoms with E-state index in [1.807, 2.05) is 7.05 Å². The number of likely N-dealkylation sites (tertiary alicyclic amines) is 1. The predicted molar refractivity (Wildman–Crippen MR) is 118 cm³/mol. The van der Waals surface area contributed by atoms with Crippen LogP contribution in [-0.2, 0) is 11.2 Å². The summed E-state index contributed by atoms with van der Waals surface area (Å²) >= 11 is 0. The van der Waals surface area contributed by atoms with Gasteiger partial charge in [-0.15, -0.1) is 0 Å². The molecule has 2 fully saturated rings. The molecule has 2 aliphatic heterocycles. The number of hydrogen-bond donors (Lipinski definition) is 2. The molecule has 0 saturated carbocycles. The van der Waals surface area contributed by atoms with Crippen LogP contribution in [0.4, 0.5) is 0 Å². The quantitative estimate of drug-likeness (QED) is 0.452. The van der Waals surface area contributed by atoms with Gasteiger partial charge in [-0.1, -0.05) is 12.1 Å². The molecule has 1 aromatic carbocycles. The van der Waals surface area contributed by atoms with Crippen LogP contribution in [0.25, 0.3) is 0 Å². The van der Waals surface area contributed by atoms with E-state index in [4.69, 9.17) is 9.47 Å². The van der Waals surface area contributed by atoms with Crippen molar-refractivity contribution in [2.45, 2.75) is 19.3 Å². The van der Waals surface area contributed by atoms with E-state index in [9.17, 15) is 0 Å². The number of rotatable bonds is 10. The lowest BCUT2D eigenvalue weighted by Crippen LogP contribution is -2.44. The van der Waals surface area contributed by atoms with Gasteiger partial charge in [0.25, 0.3) is 0 Å². The maximum absolute atomic E-state index is 5.88. The van der Waals surface area contributed by atoms with E-state index in [-0.39, 0.29) is 0 Å². The SMILES string of the molecule is CN=C(NCCc1ccc(OCCN2CCCC2)cc1)NCCN1CCOCC1. The zero-order valence-electron chi connectivity index (χ0n) is 17.9. The van der Waals surface area contributed by atoms with Crippen molar-refractivity contribution in [3.63, 3.8) is 0 Å². The predicted octanol–water partition coefficient (Wildman–Crippen LogP) is 1.20. The second-order valence-corrected chi connectivity index (χ2v) is 7.67. The van der Waals surface area contributed by atoms with E-state index in [0.29, 0.717) is 0 Å². The summed E-state index contributed by atoms with van der Waals surface area (Å²) in [7, 11) is 1.82. The fraction of sp³-hybridized carbons (Fsp3) is 0.682. The second kappa shape index (κ2) is 12.7. The molecule has 29 heavy (non-hydrogen) atoms. The smallest absolute Gasteiger partial charge is 0.191 e. The van der Waals surface area contributed by atoms with Gasteiger partial charge < -0.3 is 20.1 Å². The van der Waals surface area contributed by atoms with Gasteiger partial charge in [-0.25, -0.2) is 0 Å². The number of nitrogens with zero attached hydrogens (tertiary/aromatic N) is 3. The van der Waals surface area contributed by atoms with Crippen LogP contribution in [0, 0.1) is 0 Å². The highest BCUT2D eigenvalue weighted by atomic mass is 16.5. The molecule has 2 saturated heterocycles. The first-order valence-corrected chi connectivity index (χ1v) is 11.0. The maximum Gasteiger partial charge on any atom is 0.191 e. The molecule has 0 spiro atoms. The molecule has 0 bridgehead atoms. The van der Waals surface area contributed by atoms with E-state index < -0.39 is 0 Å². The Kier molecular flexibility index (Phi) is 9.56. The lowest BCUT2D eigenvalue weighted by molar-refractivity contribution is 0.0389. The number of hydrogen-bond acceptors (Lipinski definition) is 5.